The number of aromatic nitrogens is 2. The number of hydrogen-bond donors (Lipinski definition) is 1. The van der Waals surface area contributed by atoms with Crippen molar-refractivity contribution in [2.75, 3.05) is 0 Å². The SMILES string of the molecule is CC(C)(C)C(=O)/C=C(\O)C(C)(C)C.Cc1[c-]c(-c2ccccn2)c(C)cc1-c1ccccn1.[Ir]. The second-order valence-electron chi connectivity index (χ2n) is 10.2. The summed E-state index contributed by atoms with van der Waals surface area (Å²) in [5.74, 6) is 0.104. The number of allylic oxidation sites excluding steroid dienone is 2. The standard InChI is InChI=1S/C18H15N2.C11H20O2.Ir/c1-13-11-16(18-8-4-6-10-20-18)14(2)12-15(13)17-7-3-5-9-19-17;1-10(2,3)8(12)7-9(13)11(4,5)6;/h3-11H,1-2H3;7,12H,1-6H3;/q-1;;/b;8-7-;. The van der Waals surface area contributed by atoms with Gasteiger partial charge in [0, 0.05) is 55.1 Å². The Labute approximate surface area is 217 Å². The van der Waals surface area contributed by atoms with Gasteiger partial charge in [0.15, 0.2) is 5.78 Å². The van der Waals surface area contributed by atoms with Gasteiger partial charge >= 0.3 is 0 Å². The van der Waals surface area contributed by atoms with Crippen molar-refractivity contribution in [2.24, 2.45) is 10.8 Å². The molecule has 4 nitrogen and oxygen atoms in total. The van der Waals surface area contributed by atoms with Gasteiger partial charge in [-0.2, -0.15) is 0 Å². The first-order valence-electron chi connectivity index (χ1n) is 11.1. The normalized spacial score (nSPS) is 11.7. The Morgan fingerprint density at radius 1 is 0.882 bits per heavy atom. The molecule has 0 unspecified atom stereocenters. The van der Waals surface area contributed by atoms with E-state index < -0.39 is 5.41 Å². The van der Waals surface area contributed by atoms with Crippen molar-refractivity contribution in [3.8, 4) is 22.5 Å². The minimum absolute atomic E-state index is 0. The van der Waals surface area contributed by atoms with Crippen molar-refractivity contribution in [3.63, 3.8) is 0 Å². The Hall–Kier alpha value is -2.62. The molecule has 0 saturated carbocycles. The summed E-state index contributed by atoms with van der Waals surface area (Å²) in [5, 5.41) is 9.56. The summed E-state index contributed by atoms with van der Waals surface area (Å²) < 4.78 is 0. The molecule has 5 heteroatoms. The number of aryl methyl sites for hydroxylation is 2. The summed E-state index contributed by atoms with van der Waals surface area (Å²) in [7, 11) is 0. The summed E-state index contributed by atoms with van der Waals surface area (Å²) in [6, 6.07) is 17.5. The molecule has 3 rings (SSSR count). The molecule has 0 fully saturated rings. The molecule has 183 valence electrons. The van der Waals surface area contributed by atoms with Gasteiger partial charge in [-0.3, -0.25) is 9.78 Å². The monoisotopic (exact) mass is 636 g/mol. The molecule has 0 bridgehead atoms. The van der Waals surface area contributed by atoms with Gasteiger partial charge in [0.1, 0.15) is 5.76 Å². The van der Waals surface area contributed by atoms with Crippen LogP contribution in [0.2, 0.25) is 0 Å². The van der Waals surface area contributed by atoms with Crippen molar-refractivity contribution in [1.82, 2.24) is 9.97 Å². The zero-order chi connectivity index (χ0) is 24.8. The van der Waals surface area contributed by atoms with Crippen molar-refractivity contribution in [2.45, 2.75) is 55.4 Å². The predicted molar refractivity (Wildman–Crippen MR) is 136 cm³/mol. The summed E-state index contributed by atoms with van der Waals surface area (Å²) in [4.78, 5) is 20.3. The van der Waals surface area contributed by atoms with E-state index in [1.165, 1.54) is 6.08 Å². The first kappa shape index (κ1) is 29.4. The maximum atomic E-state index is 11.5. The molecule has 0 spiro atoms. The minimum Gasteiger partial charge on any atom is -0.512 e. The zero-order valence-electron chi connectivity index (χ0n) is 21.4. The quantitative estimate of drug-likeness (QED) is 0.186. The maximum Gasteiger partial charge on any atom is 0.164 e. The number of rotatable bonds is 3. The molecular weight excluding hydrogens is 601 g/mol. The molecule has 2 aromatic heterocycles. The van der Waals surface area contributed by atoms with Crippen LogP contribution in [0.3, 0.4) is 0 Å². The third kappa shape index (κ3) is 8.30. The Kier molecular flexibility index (Phi) is 10.5. The van der Waals surface area contributed by atoms with E-state index in [1.807, 2.05) is 90.3 Å². The van der Waals surface area contributed by atoms with Gasteiger partial charge in [-0.05, 0) is 23.9 Å². The number of hydrogen-bond acceptors (Lipinski definition) is 4. The van der Waals surface area contributed by atoms with E-state index in [-0.39, 0.29) is 37.1 Å². The Morgan fingerprint density at radius 2 is 1.41 bits per heavy atom. The number of aliphatic hydroxyl groups excluding tert-OH is 1. The van der Waals surface area contributed by atoms with E-state index in [9.17, 15) is 9.90 Å². The fraction of sp³-hybridized carbons (Fsp3) is 0.345. The van der Waals surface area contributed by atoms with Crippen LogP contribution in [-0.2, 0) is 24.9 Å². The van der Waals surface area contributed by atoms with Gasteiger partial charge in [0.2, 0.25) is 0 Å². The predicted octanol–water partition coefficient (Wildman–Crippen LogP) is 7.31. The van der Waals surface area contributed by atoms with Crippen LogP contribution in [0.1, 0.15) is 52.7 Å². The number of ketones is 1. The smallest absolute Gasteiger partial charge is 0.164 e. The minimum atomic E-state index is -0.417. The maximum absolute atomic E-state index is 11.5. The van der Waals surface area contributed by atoms with Crippen molar-refractivity contribution < 1.29 is 30.0 Å². The Morgan fingerprint density at radius 3 is 1.85 bits per heavy atom. The Balaban J connectivity index is 0.000000364. The summed E-state index contributed by atoms with van der Waals surface area (Å²) >= 11 is 0. The van der Waals surface area contributed by atoms with E-state index in [1.54, 1.807) is 0 Å². The molecule has 34 heavy (non-hydrogen) atoms. The first-order chi connectivity index (χ1) is 15.3. The van der Waals surface area contributed by atoms with Crippen LogP contribution in [0, 0.1) is 30.7 Å². The van der Waals surface area contributed by atoms with Crippen LogP contribution in [0.15, 0.2) is 66.7 Å². The third-order valence-corrected chi connectivity index (χ3v) is 5.11. The fourth-order valence-corrected chi connectivity index (χ4v) is 2.87. The summed E-state index contributed by atoms with van der Waals surface area (Å²) in [6.07, 6.45) is 4.96. The van der Waals surface area contributed by atoms with E-state index in [2.05, 4.69) is 35.9 Å². The van der Waals surface area contributed by atoms with Gasteiger partial charge < -0.3 is 10.1 Å². The van der Waals surface area contributed by atoms with Crippen LogP contribution >= 0.6 is 0 Å². The van der Waals surface area contributed by atoms with Gasteiger partial charge in [-0.1, -0.05) is 79.2 Å². The molecule has 0 saturated heterocycles. The van der Waals surface area contributed by atoms with E-state index in [0.717, 1.165) is 33.6 Å². The molecule has 0 aliphatic rings. The van der Waals surface area contributed by atoms with E-state index >= 15 is 0 Å². The number of aliphatic hydroxyl groups is 1. The van der Waals surface area contributed by atoms with E-state index in [0.29, 0.717) is 0 Å². The first-order valence-corrected chi connectivity index (χ1v) is 11.1. The molecule has 0 aliphatic carbocycles. The topological polar surface area (TPSA) is 63.1 Å². The second-order valence-corrected chi connectivity index (χ2v) is 10.2. The number of carbonyl (C=O) groups is 1. The van der Waals surface area contributed by atoms with Crippen LogP contribution in [-0.4, -0.2) is 20.9 Å². The summed E-state index contributed by atoms with van der Waals surface area (Å²) in [6.45, 7) is 15.3. The van der Waals surface area contributed by atoms with Crippen LogP contribution in [0.25, 0.3) is 22.5 Å². The van der Waals surface area contributed by atoms with Crippen molar-refractivity contribution in [1.29, 1.82) is 0 Å². The second kappa shape index (κ2) is 12.2. The molecule has 1 radical (unpaired) electrons. The third-order valence-electron chi connectivity index (χ3n) is 5.11. The van der Waals surface area contributed by atoms with Crippen molar-refractivity contribution >= 4 is 5.78 Å². The molecule has 2 heterocycles. The largest absolute Gasteiger partial charge is 0.512 e. The van der Waals surface area contributed by atoms with Crippen molar-refractivity contribution in [3.05, 3.63) is 83.9 Å². The van der Waals surface area contributed by atoms with Crippen LogP contribution in [0.4, 0.5) is 0 Å². The number of pyridine rings is 2. The fourth-order valence-electron chi connectivity index (χ4n) is 2.87. The average molecular weight is 636 g/mol. The van der Waals surface area contributed by atoms with Crippen LogP contribution in [0.5, 0.6) is 0 Å². The van der Waals surface area contributed by atoms with Gasteiger partial charge in [-0.25, -0.2) is 0 Å². The average Bonchev–Trinajstić information content (AvgIpc) is 2.75. The molecule has 1 N–H and O–H groups in total. The molecule has 0 aliphatic heterocycles. The Bertz CT molecular complexity index is 1050. The molecule has 0 amide bonds. The molecular formula is C29H35IrN2O2-. The number of benzene rings is 1. The number of carbonyl (C=O) groups excluding carboxylic acids is 1. The van der Waals surface area contributed by atoms with Gasteiger partial charge in [-0.15, -0.1) is 28.8 Å². The van der Waals surface area contributed by atoms with Crippen LogP contribution < -0.4 is 0 Å². The molecule has 3 aromatic rings. The van der Waals surface area contributed by atoms with Gasteiger partial charge in [0.05, 0.1) is 0 Å². The molecule has 0 atom stereocenters. The van der Waals surface area contributed by atoms with Gasteiger partial charge in [0.25, 0.3) is 0 Å². The zero-order valence-corrected chi connectivity index (χ0v) is 23.8. The molecule has 1 aromatic carbocycles. The van der Waals surface area contributed by atoms with E-state index in [4.69, 9.17) is 0 Å². The summed E-state index contributed by atoms with van der Waals surface area (Å²) in [5.41, 5.74) is 5.62. The number of nitrogens with zero attached hydrogens (tertiary/aromatic N) is 2.